The van der Waals surface area contributed by atoms with Gasteiger partial charge in [-0.25, -0.2) is 4.79 Å². The number of aliphatic carboxylic acids is 1. The molecule has 0 aromatic carbocycles. The molecule has 7 N–H and O–H groups in total. The van der Waals surface area contributed by atoms with E-state index in [9.17, 15) is 24.3 Å². The largest absolute Gasteiger partial charge is 0.480 e. The normalized spacial score (nSPS) is 19.1. The zero-order valence-corrected chi connectivity index (χ0v) is 18.6. The number of rotatable bonds is 13. The maximum atomic E-state index is 12.9. The minimum absolute atomic E-state index is 0.353. The van der Waals surface area contributed by atoms with E-state index >= 15 is 0 Å². The number of carboxylic acid groups (broad SMARTS) is 1. The number of likely N-dealkylation sites (tertiary alicyclic amines) is 1. The summed E-state index contributed by atoms with van der Waals surface area (Å²) in [4.78, 5) is 50.4. The first-order valence-corrected chi connectivity index (χ1v) is 11.7. The molecule has 0 aromatic heterocycles. The fourth-order valence-corrected chi connectivity index (χ4v) is 3.77. The maximum absolute atomic E-state index is 12.9. The monoisotopic (exact) mass is 445 g/mol. The molecule has 1 heterocycles. The van der Waals surface area contributed by atoms with Crippen molar-refractivity contribution in [2.24, 2.45) is 11.5 Å². The highest BCUT2D eigenvalue weighted by Crippen LogP contribution is 2.19. The molecule has 172 valence electrons. The second kappa shape index (κ2) is 13.5. The molecule has 11 heteroatoms. The van der Waals surface area contributed by atoms with Crippen molar-refractivity contribution in [1.29, 1.82) is 0 Å². The molecule has 0 radical (unpaired) electrons. The van der Waals surface area contributed by atoms with Gasteiger partial charge in [-0.05, 0) is 57.6 Å². The number of nitrogens with one attached hydrogen (secondary N) is 2. The first kappa shape index (κ1) is 26.2. The zero-order valence-electron chi connectivity index (χ0n) is 17.8. The number of hydrogen-bond donors (Lipinski definition) is 5. The van der Waals surface area contributed by atoms with Gasteiger partial charge in [-0.1, -0.05) is 6.42 Å². The van der Waals surface area contributed by atoms with Gasteiger partial charge < -0.3 is 32.1 Å². The Bertz CT molecular complexity index is 606. The molecule has 1 rings (SSSR count). The number of nitrogens with zero attached hydrogens (tertiary/aromatic N) is 1. The summed E-state index contributed by atoms with van der Waals surface area (Å²) >= 11 is 1.52. The molecular weight excluding hydrogens is 410 g/mol. The van der Waals surface area contributed by atoms with Gasteiger partial charge in [-0.15, -0.1) is 0 Å². The van der Waals surface area contributed by atoms with Crippen LogP contribution in [0.25, 0.3) is 0 Å². The molecular formula is C19H35N5O5S. The second-order valence-corrected chi connectivity index (χ2v) is 8.48. The molecule has 1 aliphatic heterocycles. The lowest BCUT2D eigenvalue weighted by Gasteiger charge is -2.28. The SMILES string of the molecule is CSCCC(NC(=O)C(C)NC(=O)C(N)CCCCN)C(=O)N1CCCC1C(=O)O. The van der Waals surface area contributed by atoms with Crippen LogP contribution < -0.4 is 22.1 Å². The van der Waals surface area contributed by atoms with Crippen molar-refractivity contribution >= 4 is 35.5 Å². The van der Waals surface area contributed by atoms with Crippen LogP contribution in [0, 0.1) is 0 Å². The predicted octanol–water partition coefficient (Wildman–Crippen LogP) is -0.739. The summed E-state index contributed by atoms with van der Waals surface area (Å²) < 4.78 is 0. The van der Waals surface area contributed by atoms with Crippen molar-refractivity contribution in [2.45, 2.75) is 69.6 Å². The molecule has 0 spiro atoms. The minimum Gasteiger partial charge on any atom is -0.480 e. The Balaban J connectivity index is 2.70. The molecule has 1 aliphatic rings. The summed E-state index contributed by atoms with van der Waals surface area (Å²) in [6, 6.07) is -3.32. The van der Waals surface area contributed by atoms with Crippen molar-refractivity contribution in [2.75, 3.05) is 25.1 Å². The lowest BCUT2D eigenvalue weighted by atomic mass is 10.1. The Kier molecular flexibility index (Phi) is 11.7. The molecule has 1 fully saturated rings. The third-order valence-electron chi connectivity index (χ3n) is 5.10. The molecule has 4 unspecified atom stereocenters. The molecule has 0 aliphatic carbocycles. The summed E-state index contributed by atoms with van der Waals surface area (Å²) in [6.45, 7) is 2.40. The number of amides is 3. The summed E-state index contributed by atoms with van der Waals surface area (Å²) in [5, 5.41) is 14.6. The third kappa shape index (κ3) is 8.11. The van der Waals surface area contributed by atoms with Gasteiger partial charge in [0.25, 0.3) is 0 Å². The number of carbonyl (C=O) groups is 4. The highest BCUT2D eigenvalue weighted by molar-refractivity contribution is 7.98. The second-order valence-electron chi connectivity index (χ2n) is 7.49. The number of nitrogens with two attached hydrogens (primary N) is 2. The summed E-state index contributed by atoms with van der Waals surface area (Å²) in [7, 11) is 0. The van der Waals surface area contributed by atoms with Crippen molar-refractivity contribution < 1.29 is 24.3 Å². The van der Waals surface area contributed by atoms with Crippen molar-refractivity contribution in [3.8, 4) is 0 Å². The van der Waals surface area contributed by atoms with E-state index in [0.717, 1.165) is 12.8 Å². The minimum atomic E-state index is -1.04. The van der Waals surface area contributed by atoms with Crippen LogP contribution >= 0.6 is 11.8 Å². The lowest BCUT2D eigenvalue weighted by molar-refractivity contribution is -0.149. The van der Waals surface area contributed by atoms with E-state index in [4.69, 9.17) is 11.5 Å². The molecule has 1 saturated heterocycles. The van der Waals surface area contributed by atoms with Gasteiger partial charge in [-0.3, -0.25) is 14.4 Å². The van der Waals surface area contributed by atoms with Crippen LogP contribution in [0.5, 0.6) is 0 Å². The van der Waals surface area contributed by atoms with E-state index in [1.54, 1.807) is 0 Å². The highest BCUT2D eigenvalue weighted by atomic mass is 32.2. The Labute approximate surface area is 181 Å². The van der Waals surface area contributed by atoms with E-state index in [1.807, 2.05) is 6.26 Å². The Morgan fingerprint density at radius 2 is 1.87 bits per heavy atom. The molecule has 3 amide bonds. The first-order chi connectivity index (χ1) is 14.2. The van der Waals surface area contributed by atoms with E-state index in [2.05, 4.69) is 10.6 Å². The molecule has 0 aromatic rings. The maximum Gasteiger partial charge on any atom is 0.326 e. The number of unbranched alkanes of at least 4 members (excludes halogenated alkanes) is 1. The topological polar surface area (TPSA) is 168 Å². The van der Waals surface area contributed by atoms with Gasteiger partial charge in [-0.2, -0.15) is 11.8 Å². The molecule has 30 heavy (non-hydrogen) atoms. The Hall–Kier alpha value is -1.85. The van der Waals surface area contributed by atoms with Gasteiger partial charge in [0.2, 0.25) is 17.7 Å². The lowest BCUT2D eigenvalue weighted by Crippen LogP contribution is -2.56. The van der Waals surface area contributed by atoms with Crippen LogP contribution in [-0.2, 0) is 19.2 Å². The quantitative estimate of drug-likeness (QED) is 0.231. The standard InChI is InChI=1S/C19H35N5O5S/c1-12(22-17(26)13(21)6-3-4-9-20)16(25)23-14(8-11-30-2)18(27)24-10-5-7-15(24)19(28)29/h12-15H,3-11,20-21H2,1-2H3,(H,22,26)(H,23,25)(H,28,29). The fraction of sp³-hybridized carbons (Fsp3) is 0.789. The van der Waals surface area contributed by atoms with Crippen LogP contribution in [0.3, 0.4) is 0 Å². The molecule has 0 bridgehead atoms. The van der Waals surface area contributed by atoms with Gasteiger partial charge in [0.05, 0.1) is 6.04 Å². The van der Waals surface area contributed by atoms with Gasteiger partial charge >= 0.3 is 5.97 Å². The van der Waals surface area contributed by atoms with E-state index in [0.29, 0.717) is 44.5 Å². The van der Waals surface area contributed by atoms with Crippen LogP contribution in [0.15, 0.2) is 0 Å². The average Bonchev–Trinajstić information content (AvgIpc) is 3.20. The van der Waals surface area contributed by atoms with Crippen LogP contribution in [0.2, 0.25) is 0 Å². The van der Waals surface area contributed by atoms with Crippen molar-refractivity contribution in [3.63, 3.8) is 0 Å². The number of thioether (sulfide) groups is 1. The van der Waals surface area contributed by atoms with E-state index in [1.165, 1.54) is 23.6 Å². The van der Waals surface area contributed by atoms with Gasteiger partial charge in [0.15, 0.2) is 0 Å². The van der Waals surface area contributed by atoms with Gasteiger partial charge in [0, 0.05) is 6.54 Å². The van der Waals surface area contributed by atoms with Crippen LogP contribution in [0.1, 0.15) is 45.4 Å². The number of hydrogen-bond acceptors (Lipinski definition) is 7. The first-order valence-electron chi connectivity index (χ1n) is 10.3. The van der Waals surface area contributed by atoms with E-state index < -0.39 is 47.9 Å². The van der Waals surface area contributed by atoms with Crippen LogP contribution in [0.4, 0.5) is 0 Å². The molecule has 4 atom stereocenters. The fourth-order valence-electron chi connectivity index (χ4n) is 3.30. The number of carbonyl (C=O) groups excluding carboxylic acids is 3. The summed E-state index contributed by atoms with van der Waals surface area (Å²) in [6.07, 6.45) is 5.22. The van der Waals surface area contributed by atoms with Crippen molar-refractivity contribution in [1.82, 2.24) is 15.5 Å². The molecule has 10 nitrogen and oxygen atoms in total. The summed E-state index contributed by atoms with van der Waals surface area (Å²) in [5.41, 5.74) is 11.3. The zero-order chi connectivity index (χ0) is 22.7. The average molecular weight is 446 g/mol. The van der Waals surface area contributed by atoms with Crippen molar-refractivity contribution in [3.05, 3.63) is 0 Å². The number of carboxylic acids is 1. The van der Waals surface area contributed by atoms with Gasteiger partial charge in [0.1, 0.15) is 18.1 Å². The molecule has 0 saturated carbocycles. The predicted molar refractivity (Wildman–Crippen MR) is 116 cm³/mol. The highest BCUT2D eigenvalue weighted by Gasteiger charge is 2.37. The van der Waals surface area contributed by atoms with Crippen LogP contribution in [-0.4, -0.2) is 83.0 Å². The van der Waals surface area contributed by atoms with E-state index in [-0.39, 0.29) is 0 Å². The Morgan fingerprint density at radius 3 is 2.47 bits per heavy atom. The summed E-state index contributed by atoms with van der Waals surface area (Å²) in [5.74, 6) is -1.77. The smallest absolute Gasteiger partial charge is 0.326 e. The third-order valence-corrected chi connectivity index (χ3v) is 5.75. The Morgan fingerprint density at radius 1 is 1.17 bits per heavy atom.